The van der Waals surface area contributed by atoms with Crippen molar-refractivity contribution >= 4 is 29.2 Å². The third kappa shape index (κ3) is 3.44. The lowest BCUT2D eigenvalue weighted by Gasteiger charge is -2.13. The van der Waals surface area contributed by atoms with Crippen molar-refractivity contribution in [3.8, 4) is 0 Å². The molecule has 1 aromatic carbocycles. The summed E-state index contributed by atoms with van der Waals surface area (Å²) in [5.41, 5.74) is 0.898. The molecule has 2 aromatic heterocycles. The van der Waals surface area contributed by atoms with Crippen LogP contribution in [0.3, 0.4) is 0 Å². The van der Waals surface area contributed by atoms with Gasteiger partial charge in [-0.15, -0.1) is 10.2 Å². The topological polar surface area (TPSA) is 91.5 Å². The summed E-state index contributed by atoms with van der Waals surface area (Å²) in [6.45, 7) is -0.107. The molecule has 0 radical (unpaired) electrons. The number of fused-ring (bicyclic) bond motifs is 1. The minimum Gasteiger partial charge on any atom is -0.387 e. The van der Waals surface area contributed by atoms with Gasteiger partial charge >= 0.3 is 6.03 Å². The summed E-state index contributed by atoms with van der Waals surface area (Å²) in [7, 11) is 0. The van der Waals surface area contributed by atoms with Gasteiger partial charge in [0, 0.05) is 12.7 Å². The summed E-state index contributed by atoms with van der Waals surface area (Å²) in [5, 5.41) is 22.7. The molecule has 0 saturated heterocycles. The summed E-state index contributed by atoms with van der Waals surface area (Å²) in [4.78, 5) is 11.9. The van der Waals surface area contributed by atoms with Crippen LogP contribution in [0.4, 0.5) is 15.1 Å². The Bertz CT molecular complexity index is 885. The Morgan fingerprint density at radius 3 is 2.96 bits per heavy atom. The Balaban J connectivity index is 1.60. The highest BCUT2D eigenvalue weighted by Crippen LogP contribution is 2.19. The number of hydrogen-bond donors (Lipinski definition) is 3. The van der Waals surface area contributed by atoms with Crippen LogP contribution in [0.15, 0.2) is 42.6 Å². The van der Waals surface area contributed by atoms with E-state index < -0.39 is 18.0 Å². The van der Waals surface area contributed by atoms with Gasteiger partial charge in [-0.1, -0.05) is 23.7 Å². The number of benzene rings is 1. The molecule has 124 valence electrons. The van der Waals surface area contributed by atoms with Crippen LogP contribution in [0, 0.1) is 5.82 Å². The zero-order valence-electron chi connectivity index (χ0n) is 12.3. The van der Waals surface area contributed by atoms with Crippen LogP contribution in [-0.4, -0.2) is 32.3 Å². The van der Waals surface area contributed by atoms with Crippen molar-refractivity contribution in [2.75, 3.05) is 11.9 Å². The van der Waals surface area contributed by atoms with Crippen molar-refractivity contribution in [2.45, 2.75) is 6.10 Å². The van der Waals surface area contributed by atoms with Gasteiger partial charge in [0.1, 0.15) is 5.82 Å². The van der Waals surface area contributed by atoms with E-state index in [1.165, 1.54) is 12.1 Å². The monoisotopic (exact) mass is 349 g/mol. The number of hydrogen-bond acceptors (Lipinski definition) is 4. The predicted molar refractivity (Wildman–Crippen MR) is 86.4 cm³/mol. The normalized spacial score (nSPS) is 12.1. The first-order valence-corrected chi connectivity index (χ1v) is 7.40. The zero-order valence-corrected chi connectivity index (χ0v) is 13.0. The van der Waals surface area contributed by atoms with E-state index in [0.717, 1.165) is 6.07 Å². The van der Waals surface area contributed by atoms with E-state index in [1.807, 2.05) is 0 Å². The molecule has 0 aliphatic heterocycles. The summed E-state index contributed by atoms with van der Waals surface area (Å²) in [6, 6.07) is 8.71. The zero-order chi connectivity index (χ0) is 17.1. The number of amides is 2. The number of carbonyl (C=O) groups excluding carboxylic acids is 1. The average molecular weight is 350 g/mol. The Labute approximate surface area is 141 Å². The lowest BCUT2D eigenvalue weighted by molar-refractivity contribution is 0.174. The molecular formula is C15H13ClFN5O2. The number of nitrogens with one attached hydrogen (secondary N) is 2. The maximum absolute atomic E-state index is 13.4. The Morgan fingerprint density at radius 2 is 2.17 bits per heavy atom. The Hall–Kier alpha value is -2.71. The second-order valence-corrected chi connectivity index (χ2v) is 5.38. The minimum atomic E-state index is -1.07. The molecular weight excluding hydrogens is 337 g/mol. The van der Waals surface area contributed by atoms with Crippen LogP contribution in [0.1, 0.15) is 11.7 Å². The smallest absolute Gasteiger partial charge is 0.321 e. The SMILES string of the molecule is O=C(NC[C@H](O)c1ccc(Cl)c(F)c1)Nc1nnc2ccccn12. The van der Waals surface area contributed by atoms with Crippen molar-refractivity contribution in [3.05, 3.63) is 59.0 Å². The second-order valence-electron chi connectivity index (χ2n) is 4.98. The molecule has 3 rings (SSSR count). The molecule has 24 heavy (non-hydrogen) atoms. The van der Waals surface area contributed by atoms with E-state index in [1.54, 1.807) is 28.8 Å². The first-order valence-electron chi connectivity index (χ1n) is 7.02. The second kappa shape index (κ2) is 6.81. The van der Waals surface area contributed by atoms with E-state index in [4.69, 9.17) is 11.6 Å². The van der Waals surface area contributed by atoms with Gasteiger partial charge in [-0.05, 0) is 29.8 Å². The first-order chi connectivity index (χ1) is 11.5. The first kappa shape index (κ1) is 16.2. The molecule has 3 N–H and O–H groups in total. The molecule has 9 heteroatoms. The Kier molecular flexibility index (Phi) is 4.59. The molecule has 0 spiro atoms. The van der Waals surface area contributed by atoms with E-state index in [2.05, 4.69) is 20.8 Å². The van der Waals surface area contributed by atoms with E-state index >= 15 is 0 Å². The molecule has 1 atom stereocenters. The number of carbonyl (C=O) groups is 1. The summed E-state index contributed by atoms with van der Waals surface area (Å²) in [6.07, 6.45) is 0.633. The number of nitrogens with zero attached hydrogens (tertiary/aromatic N) is 3. The molecule has 0 saturated carbocycles. The average Bonchev–Trinajstić information content (AvgIpc) is 2.98. The number of halogens is 2. The van der Waals surface area contributed by atoms with Gasteiger partial charge in [0.15, 0.2) is 5.65 Å². The standard InChI is InChI=1S/C15H13ClFN5O2/c16-10-5-4-9(7-11(10)17)12(23)8-18-15(24)19-14-21-20-13-3-1-2-6-22(13)14/h1-7,12,23H,8H2,(H2,18,19,21,24)/t12-/m0/s1. The number of anilines is 1. The maximum atomic E-state index is 13.4. The predicted octanol–water partition coefficient (Wildman–Crippen LogP) is 2.38. The van der Waals surface area contributed by atoms with Gasteiger partial charge in [-0.3, -0.25) is 9.72 Å². The van der Waals surface area contributed by atoms with Gasteiger partial charge in [0.25, 0.3) is 0 Å². The van der Waals surface area contributed by atoms with Gasteiger partial charge in [-0.25, -0.2) is 9.18 Å². The largest absolute Gasteiger partial charge is 0.387 e. The molecule has 0 aliphatic carbocycles. The molecule has 0 aliphatic rings. The number of rotatable bonds is 4. The maximum Gasteiger partial charge on any atom is 0.321 e. The van der Waals surface area contributed by atoms with E-state index in [9.17, 15) is 14.3 Å². The number of urea groups is 1. The van der Waals surface area contributed by atoms with Crippen LogP contribution < -0.4 is 10.6 Å². The molecule has 0 fully saturated rings. The molecule has 7 nitrogen and oxygen atoms in total. The van der Waals surface area contributed by atoms with Gasteiger partial charge < -0.3 is 10.4 Å². The van der Waals surface area contributed by atoms with Crippen LogP contribution in [0.25, 0.3) is 5.65 Å². The minimum absolute atomic E-state index is 0.0321. The van der Waals surface area contributed by atoms with Crippen LogP contribution in [0.5, 0.6) is 0 Å². The molecule has 0 bridgehead atoms. The fourth-order valence-corrected chi connectivity index (χ4v) is 2.22. The fourth-order valence-electron chi connectivity index (χ4n) is 2.10. The lowest BCUT2D eigenvalue weighted by atomic mass is 10.1. The van der Waals surface area contributed by atoms with Crippen LogP contribution in [-0.2, 0) is 0 Å². The number of aliphatic hydroxyl groups is 1. The van der Waals surface area contributed by atoms with Crippen LogP contribution in [0.2, 0.25) is 5.02 Å². The molecule has 2 amide bonds. The van der Waals surface area contributed by atoms with Gasteiger partial charge in [-0.2, -0.15) is 0 Å². The highest BCUT2D eigenvalue weighted by atomic mass is 35.5. The van der Waals surface area contributed by atoms with Crippen molar-refractivity contribution in [1.29, 1.82) is 0 Å². The van der Waals surface area contributed by atoms with E-state index in [-0.39, 0.29) is 17.5 Å². The van der Waals surface area contributed by atoms with Crippen molar-refractivity contribution in [2.24, 2.45) is 0 Å². The summed E-state index contributed by atoms with van der Waals surface area (Å²) in [5.74, 6) is -0.386. The van der Waals surface area contributed by atoms with E-state index in [0.29, 0.717) is 11.2 Å². The fraction of sp³-hybridized carbons (Fsp3) is 0.133. The summed E-state index contributed by atoms with van der Waals surface area (Å²) >= 11 is 5.59. The number of aromatic nitrogens is 3. The lowest BCUT2D eigenvalue weighted by Crippen LogP contribution is -2.33. The van der Waals surface area contributed by atoms with Gasteiger partial charge in [0.2, 0.25) is 5.95 Å². The molecule has 2 heterocycles. The quantitative estimate of drug-likeness (QED) is 0.674. The Morgan fingerprint density at radius 1 is 1.33 bits per heavy atom. The number of aliphatic hydroxyl groups excluding tert-OH is 1. The van der Waals surface area contributed by atoms with Crippen LogP contribution >= 0.6 is 11.6 Å². The molecule has 3 aromatic rings. The van der Waals surface area contributed by atoms with Crippen molar-refractivity contribution in [1.82, 2.24) is 19.9 Å². The third-order valence-electron chi connectivity index (χ3n) is 3.32. The highest BCUT2D eigenvalue weighted by Gasteiger charge is 2.13. The van der Waals surface area contributed by atoms with Crippen molar-refractivity contribution < 1.29 is 14.3 Å². The molecule has 0 unspecified atom stereocenters. The van der Waals surface area contributed by atoms with Crippen molar-refractivity contribution in [3.63, 3.8) is 0 Å². The highest BCUT2D eigenvalue weighted by molar-refractivity contribution is 6.30. The third-order valence-corrected chi connectivity index (χ3v) is 3.63. The summed E-state index contributed by atoms with van der Waals surface area (Å²) < 4.78 is 15.0. The van der Waals surface area contributed by atoms with Gasteiger partial charge in [0.05, 0.1) is 11.1 Å². The number of pyridine rings is 1.